The first-order valence-corrected chi connectivity index (χ1v) is 10.3. The number of rotatable bonds is 5. The van der Waals surface area contributed by atoms with Gasteiger partial charge in [-0.05, 0) is 24.3 Å². The molecule has 0 bridgehead atoms. The lowest BCUT2D eigenvalue weighted by Crippen LogP contribution is -2.16. The van der Waals surface area contributed by atoms with Crippen LogP contribution in [0.1, 0.15) is 5.56 Å². The summed E-state index contributed by atoms with van der Waals surface area (Å²) in [6.07, 6.45) is -0.689. The first-order chi connectivity index (χ1) is 14.5. The van der Waals surface area contributed by atoms with Crippen molar-refractivity contribution in [2.75, 3.05) is 5.32 Å². The average Bonchev–Trinajstić information content (AvgIpc) is 3.09. The van der Waals surface area contributed by atoms with Crippen molar-refractivity contribution in [1.29, 1.82) is 0 Å². The van der Waals surface area contributed by atoms with Crippen molar-refractivity contribution in [1.82, 2.24) is 4.98 Å². The standard InChI is InChI=1S/C21H13Cl2FN2O3S/c22-14-7-4-8-15(23)13(14)11-28-18-10-19-17(9-16(18)24)25-20(30-19)26-21(27)29-12-5-2-1-3-6-12/h1-10H,11H2,(H,25,26,27). The van der Waals surface area contributed by atoms with Crippen LogP contribution in [0.5, 0.6) is 11.5 Å². The Morgan fingerprint density at radius 3 is 2.53 bits per heavy atom. The van der Waals surface area contributed by atoms with Crippen molar-refractivity contribution < 1.29 is 18.7 Å². The van der Waals surface area contributed by atoms with Crippen molar-refractivity contribution >= 4 is 56.0 Å². The molecule has 0 aliphatic rings. The minimum atomic E-state index is -0.689. The molecule has 1 heterocycles. The Kier molecular flexibility index (Phi) is 6.03. The zero-order chi connectivity index (χ0) is 21.1. The van der Waals surface area contributed by atoms with Crippen molar-refractivity contribution in [3.8, 4) is 11.5 Å². The number of nitrogens with one attached hydrogen (secondary N) is 1. The summed E-state index contributed by atoms with van der Waals surface area (Å²) in [5.41, 5.74) is 0.950. The molecule has 0 saturated carbocycles. The molecule has 1 N–H and O–H groups in total. The third-order valence-electron chi connectivity index (χ3n) is 4.04. The van der Waals surface area contributed by atoms with Crippen LogP contribution in [-0.2, 0) is 6.61 Å². The molecule has 4 aromatic rings. The van der Waals surface area contributed by atoms with Gasteiger partial charge in [0.25, 0.3) is 0 Å². The first-order valence-electron chi connectivity index (χ1n) is 8.69. The third-order valence-corrected chi connectivity index (χ3v) is 5.68. The number of nitrogens with zero attached hydrogens (tertiary/aromatic N) is 1. The minimum absolute atomic E-state index is 0.00818. The molecule has 0 fully saturated rings. The van der Waals surface area contributed by atoms with Gasteiger partial charge in [0, 0.05) is 27.7 Å². The second-order valence-corrected chi connectivity index (χ2v) is 7.93. The molecule has 1 aromatic heterocycles. The Bertz CT molecular complexity index is 1200. The number of carbonyl (C=O) groups excluding carboxylic acids is 1. The molecule has 5 nitrogen and oxygen atoms in total. The van der Waals surface area contributed by atoms with E-state index in [9.17, 15) is 9.18 Å². The maximum absolute atomic E-state index is 14.4. The summed E-state index contributed by atoms with van der Waals surface area (Å²) in [6.45, 7) is 0.00818. The summed E-state index contributed by atoms with van der Waals surface area (Å²) in [5, 5.41) is 3.69. The van der Waals surface area contributed by atoms with Gasteiger partial charge in [-0.15, -0.1) is 0 Å². The highest BCUT2D eigenvalue weighted by atomic mass is 35.5. The molecule has 4 rings (SSSR count). The van der Waals surface area contributed by atoms with Gasteiger partial charge in [-0.2, -0.15) is 0 Å². The molecule has 0 spiro atoms. The average molecular weight is 463 g/mol. The number of aromatic nitrogens is 1. The highest BCUT2D eigenvalue weighted by Gasteiger charge is 2.14. The van der Waals surface area contributed by atoms with Gasteiger partial charge >= 0.3 is 6.09 Å². The van der Waals surface area contributed by atoms with Gasteiger partial charge in [0.2, 0.25) is 0 Å². The van der Waals surface area contributed by atoms with E-state index in [0.29, 0.717) is 31.6 Å². The summed E-state index contributed by atoms with van der Waals surface area (Å²) in [4.78, 5) is 16.2. The molecule has 3 aromatic carbocycles. The second kappa shape index (κ2) is 8.87. The normalized spacial score (nSPS) is 10.8. The van der Waals surface area contributed by atoms with E-state index >= 15 is 0 Å². The van der Waals surface area contributed by atoms with Gasteiger partial charge in [0.1, 0.15) is 12.4 Å². The smallest absolute Gasteiger partial charge is 0.418 e. The quantitative estimate of drug-likeness (QED) is 0.349. The Balaban J connectivity index is 1.49. The monoisotopic (exact) mass is 462 g/mol. The summed E-state index contributed by atoms with van der Waals surface area (Å²) < 4.78 is 25.8. The number of thiazole rings is 1. The number of benzene rings is 3. The molecule has 0 radical (unpaired) electrons. The number of amides is 1. The predicted octanol–water partition coefficient (Wildman–Crippen LogP) is 6.93. The van der Waals surface area contributed by atoms with Gasteiger partial charge in [0.05, 0.1) is 10.2 Å². The fourth-order valence-electron chi connectivity index (χ4n) is 2.62. The van der Waals surface area contributed by atoms with Crippen LogP contribution >= 0.6 is 34.5 Å². The summed E-state index contributed by atoms with van der Waals surface area (Å²) in [7, 11) is 0. The van der Waals surface area contributed by atoms with Gasteiger partial charge in [-0.3, -0.25) is 5.32 Å². The van der Waals surface area contributed by atoms with E-state index in [4.69, 9.17) is 32.7 Å². The van der Waals surface area contributed by atoms with E-state index in [2.05, 4.69) is 10.3 Å². The van der Waals surface area contributed by atoms with Crippen molar-refractivity contribution in [3.63, 3.8) is 0 Å². The highest BCUT2D eigenvalue weighted by molar-refractivity contribution is 7.22. The largest absolute Gasteiger partial charge is 0.486 e. The summed E-state index contributed by atoms with van der Waals surface area (Å²) in [6, 6.07) is 16.5. The molecular formula is C21H13Cl2FN2O3S. The molecule has 30 heavy (non-hydrogen) atoms. The van der Waals surface area contributed by atoms with Crippen molar-refractivity contribution in [2.24, 2.45) is 0 Å². The van der Waals surface area contributed by atoms with E-state index in [-0.39, 0.29) is 17.5 Å². The fraction of sp³-hybridized carbons (Fsp3) is 0.0476. The first kappa shape index (κ1) is 20.4. The lowest BCUT2D eigenvalue weighted by atomic mass is 10.2. The molecule has 1 amide bonds. The zero-order valence-corrected chi connectivity index (χ0v) is 17.5. The van der Waals surface area contributed by atoms with Crippen LogP contribution in [0.4, 0.5) is 14.3 Å². The summed E-state index contributed by atoms with van der Waals surface area (Å²) >= 11 is 13.4. The molecule has 0 aliphatic carbocycles. The van der Waals surface area contributed by atoms with Crippen LogP contribution in [0, 0.1) is 5.82 Å². The van der Waals surface area contributed by atoms with E-state index in [1.165, 1.54) is 23.5 Å². The topological polar surface area (TPSA) is 60.5 Å². The number of para-hydroxylation sites is 1. The van der Waals surface area contributed by atoms with E-state index < -0.39 is 11.9 Å². The van der Waals surface area contributed by atoms with Crippen LogP contribution in [0.3, 0.4) is 0 Å². The van der Waals surface area contributed by atoms with Crippen LogP contribution in [0.25, 0.3) is 10.2 Å². The molecule has 0 atom stereocenters. The lowest BCUT2D eigenvalue weighted by molar-refractivity contribution is 0.215. The Morgan fingerprint density at radius 1 is 1.07 bits per heavy atom. The van der Waals surface area contributed by atoms with Gasteiger partial charge in [-0.25, -0.2) is 14.2 Å². The van der Waals surface area contributed by atoms with Gasteiger partial charge in [-0.1, -0.05) is 58.8 Å². The van der Waals surface area contributed by atoms with E-state index in [1.807, 2.05) is 6.07 Å². The van der Waals surface area contributed by atoms with Crippen LogP contribution in [0.2, 0.25) is 10.0 Å². The van der Waals surface area contributed by atoms with E-state index in [1.54, 1.807) is 42.5 Å². The maximum atomic E-state index is 14.4. The number of hydrogen-bond donors (Lipinski definition) is 1. The van der Waals surface area contributed by atoms with E-state index in [0.717, 1.165) is 0 Å². The molecule has 0 unspecified atom stereocenters. The predicted molar refractivity (Wildman–Crippen MR) is 116 cm³/mol. The number of carbonyl (C=O) groups is 1. The van der Waals surface area contributed by atoms with Crippen LogP contribution in [0.15, 0.2) is 60.7 Å². The lowest BCUT2D eigenvalue weighted by Gasteiger charge is -2.10. The maximum Gasteiger partial charge on any atom is 0.418 e. The Morgan fingerprint density at radius 2 is 1.80 bits per heavy atom. The summed E-state index contributed by atoms with van der Waals surface area (Å²) in [5.74, 6) is -0.161. The minimum Gasteiger partial charge on any atom is -0.486 e. The SMILES string of the molecule is O=C(Nc1nc2cc(F)c(OCc3c(Cl)cccc3Cl)cc2s1)Oc1ccccc1. The third kappa shape index (κ3) is 4.64. The molecular weight excluding hydrogens is 450 g/mol. The zero-order valence-electron chi connectivity index (χ0n) is 15.2. The molecule has 0 saturated heterocycles. The number of anilines is 1. The van der Waals surface area contributed by atoms with Crippen LogP contribution in [-0.4, -0.2) is 11.1 Å². The number of fused-ring (bicyclic) bond motifs is 1. The molecule has 0 aliphatic heterocycles. The highest BCUT2D eigenvalue weighted by Crippen LogP contribution is 2.33. The molecule has 9 heteroatoms. The van der Waals surface area contributed by atoms with Crippen molar-refractivity contribution in [2.45, 2.75) is 6.61 Å². The van der Waals surface area contributed by atoms with Gasteiger partial charge in [0.15, 0.2) is 16.7 Å². The Hall–Kier alpha value is -2.87. The van der Waals surface area contributed by atoms with Gasteiger partial charge < -0.3 is 9.47 Å². The Labute approximate surface area is 185 Å². The van der Waals surface area contributed by atoms with Crippen LogP contribution < -0.4 is 14.8 Å². The number of ether oxygens (including phenoxy) is 2. The second-order valence-electron chi connectivity index (χ2n) is 6.09. The number of halogens is 3. The molecule has 152 valence electrons. The van der Waals surface area contributed by atoms with Crippen molar-refractivity contribution in [3.05, 3.63) is 82.1 Å². The number of hydrogen-bond acceptors (Lipinski definition) is 5. The fourth-order valence-corrected chi connectivity index (χ4v) is 3.99.